The van der Waals surface area contributed by atoms with Crippen LogP contribution < -0.4 is 5.32 Å². The lowest BCUT2D eigenvalue weighted by Gasteiger charge is -2.15. The topological polar surface area (TPSA) is 29.1 Å². The van der Waals surface area contributed by atoms with Gasteiger partial charge in [-0.15, -0.1) is 0 Å². The maximum absolute atomic E-state index is 11.7. The number of aryl methyl sites for hydroxylation is 1. The van der Waals surface area contributed by atoms with E-state index in [0.717, 1.165) is 12.8 Å². The van der Waals surface area contributed by atoms with Crippen LogP contribution in [0.1, 0.15) is 39.2 Å². The molecule has 1 atom stereocenters. The fourth-order valence-electron chi connectivity index (χ4n) is 2.02. The van der Waals surface area contributed by atoms with Crippen LogP contribution in [0.15, 0.2) is 30.3 Å². The summed E-state index contributed by atoms with van der Waals surface area (Å²) in [7, 11) is 0. The molecule has 94 valence electrons. The van der Waals surface area contributed by atoms with Crippen molar-refractivity contribution in [1.29, 1.82) is 0 Å². The molecule has 0 fully saturated rings. The summed E-state index contributed by atoms with van der Waals surface area (Å²) in [6, 6.07) is 10.4. The van der Waals surface area contributed by atoms with E-state index in [4.69, 9.17) is 0 Å². The van der Waals surface area contributed by atoms with Crippen LogP contribution in [0.25, 0.3) is 0 Å². The maximum atomic E-state index is 11.7. The number of nitrogens with one attached hydrogen (secondary N) is 1. The van der Waals surface area contributed by atoms with E-state index in [-0.39, 0.29) is 11.9 Å². The summed E-state index contributed by atoms with van der Waals surface area (Å²) in [6.07, 6.45) is 2.44. The van der Waals surface area contributed by atoms with Crippen molar-refractivity contribution in [3.05, 3.63) is 35.9 Å². The first-order valence-corrected chi connectivity index (χ1v) is 6.41. The molecule has 0 aliphatic rings. The zero-order chi connectivity index (χ0) is 12.7. The fourth-order valence-corrected chi connectivity index (χ4v) is 2.02. The van der Waals surface area contributed by atoms with E-state index in [2.05, 4.69) is 38.2 Å². The van der Waals surface area contributed by atoms with E-state index in [1.54, 1.807) is 0 Å². The minimum absolute atomic E-state index is 0.155. The van der Waals surface area contributed by atoms with Crippen LogP contribution in [0, 0.1) is 5.92 Å². The van der Waals surface area contributed by atoms with E-state index >= 15 is 0 Å². The van der Waals surface area contributed by atoms with Crippen LogP contribution in [0.4, 0.5) is 0 Å². The predicted molar refractivity (Wildman–Crippen MR) is 71.8 cm³/mol. The Morgan fingerprint density at radius 2 is 1.82 bits per heavy atom. The summed E-state index contributed by atoms with van der Waals surface area (Å²) in [6.45, 7) is 6.42. The van der Waals surface area contributed by atoms with E-state index in [1.165, 1.54) is 5.56 Å². The van der Waals surface area contributed by atoms with Crippen LogP contribution in [0.5, 0.6) is 0 Å². The van der Waals surface area contributed by atoms with Gasteiger partial charge < -0.3 is 5.32 Å². The van der Waals surface area contributed by atoms with Crippen LogP contribution in [-0.2, 0) is 11.2 Å². The van der Waals surface area contributed by atoms with Gasteiger partial charge in [0.05, 0.1) is 0 Å². The molecule has 2 nitrogen and oxygen atoms in total. The van der Waals surface area contributed by atoms with Crippen molar-refractivity contribution in [2.45, 2.75) is 46.1 Å². The molecular weight excluding hydrogens is 210 g/mol. The lowest BCUT2D eigenvalue weighted by molar-refractivity contribution is -0.121. The molecule has 1 rings (SSSR count). The highest BCUT2D eigenvalue weighted by atomic mass is 16.1. The summed E-state index contributed by atoms with van der Waals surface area (Å²) >= 11 is 0. The van der Waals surface area contributed by atoms with Gasteiger partial charge in [-0.1, -0.05) is 44.2 Å². The van der Waals surface area contributed by atoms with Crippen molar-refractivity contribution in [2.24, 2.45) is 5.92 Å². The quantitative estimate of drug-likeness (QED) is 0.803. The molecule has 0 aromatic heterocycles. The molecule has 0 radical (unpaired) electrons. The molecule has 0 spiro atoms. The zero-order valence-electron chi connectivity index (χ0n) is 11.1. The Morgan fingerprint density at radius 1 is 1.18 bits per heavy atom. The van der Waals surface area contributed by atoms with Gasteiger partial charge in [0.15, 0.2) is 0 Å². The summed E-state index contributed by atoms with van der Waals surface area (Å²) in [5.41, 5.74) is 1.22. The summed E-state index contributed by atoms with van der Waals surface area (Å²) < 4.78 is 0. The van der Waals surface area contributed by atoms with Gasteiger partial charge in [-0.3, -0.25) is 4.79 Å². The minimum atomic E-state index is 0.155. The fraction of sp³-hybridized carbons (Fsp3) is 0.533. The molecule has 0 saturated heterocycles. The summed E-state index contributed by atoms with van der Waals surface area (Å²) in [5, 5.41) is 3.04. The number of carbonyl (C=O) groups is 1. The Bertz CT molecular complexity index is 332. The molecule has 1 N–H and O–H groups in total. The molecule has 1 aromatic rings. The van der Waals surface area contributed by atoms with Crippen molar-refractivity contribution in [2.75, 3.05) is 0 Å². The highest BCUT2D eigenvalue weighted by Crippen LogP contribution is 2.05. The van der Waals surface area contributed by atoms with Gasteiger partial charge in [0.25, 0.3) is 0 Å². The molecule has 1 unspecified atom stereocenters. The predicted octanol–water partition coefficient (Wildman–Crippen LogP) is 3.17. The lowest BCUT2D eigenvalue weighted by atomic mass is 10.0. The monoisotopic (exact) mass is 233 g/mol. The van der Waals surface area contributed by atoms with Gasteiger partial charge in [0, 0.05) is 12.5 Å². The van der Waals surface area contributed by atoms with E-state index in [0.29, 0.717) is 12.3 Å². The second-order valence-corrected chi connectivity index (χ2v) is 5.08. The molecular formula is C15H23NO. The summed E-state index contributed by atoms with van der Waals surface area (Å²) in [4.78, 5) is 11.7. The Balaban J connectivity index is 2.26. The molecule has 1 aromatic carbocycles. The minimum Gasteiger partial charge on any atom is -0.354 e. The normalized spacial score (nSPS) is 12.5. The van der Waals surface area contributed by atoms with Crippen LogP contribution in [-0.4, -0.2) is 11.9 Å². The lowest BCUT2D eigenvalue weighted by Crippen LogP contribution is -2.33. The van der Waals surface area contributed by atoms with E-state index in [9.17, 15) is 4.79 Å². The van der Waals surface area contributed by atoms with Gasteiger partial charge in [-0.25, -0.2) is 0 Å². The van der Waals surface area contributed by atoms with Gasteiger partial charge >= 0.3 is 0 Å². The largest absolute Gasteiger partial charge is 0.354 e. The molecule has 17 heavy (non-hydrogen) atoms. The van der Waals surface area contributed by atoms with Gasteiger partial charge in [0.2, 0.25) is 5.91 Å². The van der Waals surface area contributed by atoms with Crippen molar-refractivity contribution in [1.82, 2.24) is 5.32 Å². The molecule has 0 heterocycles. The van der Waals surface area contributed by atoms with Crippen molar-refractivity contribution in [3.8, 4) is 0 Å². The summed E-state index contributed by atoms with van der Waals surface area (Å²) in [5.74, 6) is 0.779. The van der Waals surface area contributed by atoms with Crippen molar-refractivity contribution in [3.63, 3.8) is 0 Å². The van der Waals surface area contributed by atoms with Crippen molar-refractivity contribution >= 4 is 5.91 Å². The zero-order valence-corrected chi connectivity index (χ0v) is 11.1. The Hall–Kier alpha value is -1.31. The highest BCUT2D eigenvalue weighted by Gasteiger charge is 2.08. The number of carbonyl (C=O) groups excluding carboxylic acids is 1. The molecule has 0 aliphatic carbocycles. The third kappa shape index (κ3) is 6.10. The Labute approximate surface area is 104 Å². The SMILES string of the molecule is CC(C)CC(C)NC(=O)CCc1ccccc1. The molecule has 0 bridgehead atoms. The smallest absolute Gasteiger partial charge is 0.220 e. The third-order valence-electron chi connectivity index (χ3n) is 2.72. The second kappa shape index (κ2) is 7.10. The molecule has 1 amide bonds. The van der Waals surface area contributed by atoms with Gasteiger partial charge in [-0.2, -0.15) is 0 Å². The average molecular weight is 233 g/mol. The third-order valence-corrected chi connectivity index (χ3v) is 2.72. The number of benzene rings is 1. The number of hydrogen-bond donors (Lipinski definition) is 1. The highest BCUT2D eigenvalue weighted by molar-refractivity contribution is 5.76. The van der Waals surface area contributed by atoms with Gasteiger partial charge in [-0.05, 0) is 31.2 Å². The van der Waals surface area contributed by atoms with Crippen molar-refractivity contribution < 1.29 is 4.79 Å². The first-order valence-electron chi connectivity index (χ1n) is 6.41. The Kier molecular flexibility index (Phi) is 5.75. The van der Waals surface area contributed by atoms with Gasteiger partial charge in [0.1, 0.15) is 0 Å². The first kappa shape index (κ1) is 13.8. The number of amides is 1. The Morgan fingerprint density at radius 3 is 2.41 bits per heavy atom. The first-order chi connectivity index (χ1) is 8.08. The van der Waals surface area contributed by atoms with Crippen LogP contribution >= 0.6 is 0 Å². The number of rotatable bonds is 6. The van der Waals surface area contributed by atoms with Crippen LogP contribution in [0.3, 0.4) is 0 Å². The second-order valence-electron chi connectivity index (χ2n) is 5.08. The molecule has 0 saturated carbocycles. The molecule has 0 aliphatic heterocycles. The van der Waals surface area contributed by atoms with Crippen LogP contribution in [0.2, 0.25) is 0 Å². The van der Waals surface area contributed by atoms with E-state index < -0.39 is 0 Å². The standard InChI is InChI=1S/C15H23NO/c1-12(2)11-13(3)16-15(17)10-9-14-7-5-4-6-8-14/h4-8,12-13H,9-11H2,1-3H3,(H,16,17). The number of hydrogen-bond acceptors (Lipinski definition) is 1. The maximum Gasteiger partial charge on any atom is 0.220 e. The van der Waals surface area contributed by atoms with E-state index in [1.807, 2.05) is 18.2 Å². The average Bonchev–Trinajstić information content (AvgIpc) is 2.26. The molecule has 2 heteroatoms.